The Bertz CT molecular complexity index is 283. The van der Waals surface area contributed by atoms with E-state index in [0.717, 1.165) is 0 Å². The van der Waals surface area contributed by atoms with E-state index in [4.69, 9.17) is 15.6 Å². The maximum absolute atomic E-state index is 10.1. The molecule has 70 valence electrons. The van der Waals surface area contributed by atoms with E-state index in [9.17, 15) is 10.1 Å². The van der Waals surface area contributed by atoms with Gasteiger partial charge in [-0.15, -0.1) is 0 Å². The first-order valence-corrected chi connectivity index (χ1v) is 3.19. The van der Waals surface area contributed by atoms with E-state index in [1.54, 1.807) is 0 Å². The fourth-order valence-electron chi connectivity index (χ4n) is 0.596. The molecular formula is C7H8N2O4. The van der Waals surface area contributed by atoms with Gasteiger partial charge in [-0.25, -0.2) is 0 Å². The number of nitrogens with zero attached hydrogens (tertiary/aromatic N) is 1. The Kier molecular flexibility index (Phi) is 4.63. The third kappa shape index (κ3) is 4.35. The molecule has 0 bridgehead atoms. The van der Waals surface area contributed by atoms with Gasteiger partial charge in [0, 0.05) is 17.8 Å². The Labute approximate surface area is 73.8 Å². The predicted molar refractivity (Wildman–Crippen MR) is 46.2 cm³/mol. The van der Waals surface area contributed by atoms with E-state index in [1.165, 1.54) is 24.3 Å². The average molecular weight is 184 g/mol. The fourth-order valence-corrected chi connectivity index (χ4v) is 0.596. The Hall–Kier alpha value is -2.11. The summed E-state index contributed by atoms with van der Waals surface area (Å²) < 4.78 is 0. The number of carbonyl (C=O) groups is 1. The van der Waals surface area contributed by atoms with E-state index in [-0.39, 0.29) is 12.2 Å². The third-order valence-corrected chi connectivity index (χ3v) is 1.10. The number of hydrogen-bond donors (Lipinski definition) is 2. The molecule has 0 fully saturated rings. The smallest absolute Gasteiger partial charge is 0.290 e. The molecule has 13 heavy (non-hydrogen) atoms. The molecule has 1 aromatic carbocycles. The van der Waals surface area contributed by atoms with Crippen LogP contribution in [0, 0.1) is 10.1 Å². The van der Waals surface area contributed by atoms with Crippen molar-refractivity contribution in [3.8, 4) is 0 Å². The van der Waals surface area contributed by atoms with Crippen molar-refractivity contribution in [2.45, 2.75) is 0 Å². The standard InChI is InChI=1S/C6H6N2O2.CH2O2/c7-5-1-3-6(4-2-5)8(9)10;2-1-3/h1-4H,7H2;1H,(H,2,3). The summed E-state index contributed by atoms with van der Waals surface area (Å²) in [6.07, 6.45) is 0. The quantitative estimate of drug-likeness (QED) is 0.291. The van der Waals surface area contributed by atoms with Crippen LogP contribution >= 0.6 is 0 Å². The van der Waals surface area contributed by atoms with Gasteiger partial charge in [0.15, 0.2) is 0 Å². The molecule has 0 aliphatic carbocycles. The SMILES string of the molecule is Nc1ccc([N+](=O)[O-])cc1.O=CO. The zero-order valence-electron chi connectivity index (χ0n) is 6.58. The molecule has 0 aromatic heterocycles. The van der Waals surface area contributed by atoms with Gasteiger partial charge >= 0.3 is 0 Å². The lowest BCUT2D eigenvalue weighted by Crippen LogP contribution is -1.88. The summed E-state index contributed by atoms with van der Waals surface area (Å²) in [4.78, 5) is 18.0. The van der Waals surface area contributed by atoms with Gasteiger partial charge in [0.25, 0.3) is 12.2 Å². The number of hydrogen-bond acceptors (Lipinski definition) is 4. The number of non-ortho nitro benzene ring substituents is 1. The lowest BCUT2D eigenvalue weighted by molar-refractivity contribution is -0.384. The van der Waals surface area contributed by atoms with Crippen molar-refractivity contribution in [3.63, 3.8) is 0 Å². The Balaban J connectivity index is 0.000000424. The minimum atomic E-state index is -0.459. The van der Waals surface area contributed by atoms with Crippen LogP contribution in [0.5, 0.6) is 0 Å². The van der Waals surface area contributed by atoms with Gasteiger partial charge in [-0.3, -0.25) is 14.9 Å². The Morgan fingerprint density at radius 1 is 1.38 bits per heavy atom. The number of carboxylic acid groups (broad SMARTS) is 1. The van der Waals surface area contributed by atoms with Crippen LogP contribution in [0.3, 0.4) is 0 Å². The molecule has 0 spiro atoms. The molecule has 1 aromatic rings. The van der Waals surface area contributed by atoms with Crippen molar-refractivity contribution in [1.82, 2.24) is 0 Å². The number of nitrogens with two attached hydrogens (primary N) is 1. The van der Waals surface area contributed by atoms with E-state index in [2.05, 4.69) is 0 Å². The number of nitro benzene ring substituents is 1. The minimum Gasteiger partial charge on any atom is -0.483 e. The van der Waals surface area contributed by atoms with E-state index >= 15 is 0 Å². The largest absolute Gasteiger partial charge is 0.483 e. The van der Waals surface area contributed by atoms with Crippen molar-refractivity contribution in [1.29, 1.82) is 0 Å². The summed E-state index contributed by atoms with van der Waals surface area (Å²) in [5.41, 5.74) is 5.90. The summed E-state index contributed by atoms with van der Waals surface area (Å²) in [6.45, 7) is -0.250. The molecule has 0 saturated carbocycles. The number of nitrogen functional groups attached to an aromatic ring is 1. The second-order valence-electron chi connectivity index (χ2n) is 1.95. The second kappa shape index (κ2) is 5.53. The highest BCUT2D eigenvalue weighted by Gasteiger charge is 2.00. The summed E-state index contributed by atoms with van der Waals surface area (Å²) in [6, 6.07) is 5.74. The highest BCUT2D eigenvalue weighted by atomic mass is 16.6. The first kappa shape index (κ1) is 10.9. The number of anilines is 1. The van der Waals surface area contributed by atoms with Crippen molar-refractivity contribution < 1.29 is 14.8 Å². The predicted octanol–water partition coefficient (Wildman–Crippen LogP) is 0.878. The second-order valence-corrected chi connectivity index (χ2v) is 1.95. The van der Waals surface area contributed by atoms with Gasteiger partial charge in [-0.1, -0.05) is 0 Å². The van der Waals surface area contributed by atoms with Crippen LogP contribution in [0.15, 0.2) is 24.3 Å². The van der Waals surface area contributed by atoms with Crippen LogP contribution in [-0.2, 0) is 4.79 Å². The zero-order chi connectivity index (χ0) is 10.3. The van der Waals surface area contributed by atoms with Gasteiger partial charge < -0.3 is 10.8 Å². The minimum absolute atomic E-state index is 0.0641. The molecule has 6 nitrogen and oxygen atoms in total. The fraction of sp³-hybridized carbons (Fsp3) is 0. The molecular weight excluding hydrogens is 176 g/mol. The summed E-state index contributed by atoms with van der Waals surface area (Å²) in [7, 11) is 0. The van der Waals surface area contributed by atoms with Gasteiger partial charge in [-0.05, 0) is 12.1 Å². The molecule has 3 N–H and O–H groups in total. The molecule has 0 aliphatic heterocycles. The van der Waals surface area contributed by atoms with Crippen LogP contribution in [-0.4, -0.2) is 16.5 Å². The number of benzene rings is 1. The Morgan fingerprint density at radius 3 is 2.08 bits per heavy atom. The first-order valence-electron chi connectivity index (χ1n) is 3.19. The lowest BCUT2D eigenvalue weighted by Gasteiger charge is -1.90. The zero-order valence-corrected chi connectivity index (χ0v) is 6.58. The maximum Gasteiger partial charge on any atom is 0.290 e. The van der Waals surface area contributed by atoms with Crippen LogP contribution in [0.2, 0.25) is 0 Å². The molecule has 0 amide bonds. The van der Waals surface area contributed by atoms with E-state index < -0.39 is 4.92 Å². The van der Waals surface area contributed by atoms with E-state index in [1.807, 2.05) is 0 Å². The van der Waals surface area contributed by atoms with E-state index in [0.29, 0.717) is 5.69 Å². The summed E-state index contributed by atoms with van der Waals surface area (Å²) >= 11 is 0. The number of nitro groups is 1. The molecule has 1 rings (SSSR count). The highest BCUT2D eigenvalue weighted by Crippen LogP contribution is 2.11. The maximum atomic E-state index is 10.1. The molecule has 0 aliphatic rings. The molecule has 0 unspecified atom stereocenters. The third-order valence-electron chi connectivity index (χ3n) is 1.10. The van der Waals surface area contributed by atoms with Crippen LogP contribution in [0.25, 0.3) is 0 Å². The number of rotatable bonds is 1. The van der Waals surface area contributed by atoms with Crippen molar-refractivity contribution in [2.75, 3.05) is 5.73 Å². The molecule has 0 atom stereocenters. The Morgan fingerprint density at radius 2 is 1.77 bits per heavy atom. The van der Waals surface area contributed by atoms with Crippen LogP contribution < -0.4 is 5.73 Å². The van der Waals surface area contributed by atoms with Crippen molar-refractivity contribution in [2.24, 2.45) is 0 Å². The molecule has 6 heteroatoms. The molecule has 0 heterocycles. The lowest BCUT2D eigenvalue weighted by atomic mass is 10.3. The molecule has 0 saturated heterocycles. The van der Waals surface area contributed by atoms with Crippen molar-refractivity contribution in [3.05, 3.63) is 34.4 Å². The summed E-state index contributed by atoms with van der Waals surface area (Å²) in [5, 5.41) is 17.0. The van der Waals surface area contributed by atoms with Crippen LogP contribution in [0.4, 0.5) is 11.4 Å². The molecule has 0 radical (unpaired) electrons. The van der Waals surface area contributed by atoms with Gasteiger partial charge in [-0.2, -0.15) is 0 Å². The van der Waals surface area contributed by atoms with Gasteiger partial charge in [0.2, 0.25) is 0 Å². The average Bonchev–Trinajstić information content (AvgIpc) is 2.06. The summed E-state index contributed by atoms with van der Waals surface area (Å²) in [5.74, 6) is 0. The normalized spacial score (nSPS) is 8.00. The monoisotopic (exact) mass is 184 g/mol. The van der Waals surface area contributed by atoms with Crippen molar-refractivity contribution >= 4 is 17.8 Å². The topological polar surface area (TPSA) is 106 Å². The first-order chi connectivity index (χ1) is 6.11. The van der Waals surface area contributed by atoms with Gasteiger partial charge in [0.05, 0.1) is 4.92 Å². The van der Waals surface area contributed by atoms with Crippen LogP contribution in [0.1, 0.15) is 0 Å². The van der Waals surface area contributed by atoms with Gasteiger partial charge in [0.1, 0.15) is 0 Å². The highest BCUT2D eigenvalue weighted by molar-refractivity contribution is 5.44.